The number of imide groups is 1. The van der Waals surface area contributed by atoms with Crippen LogP contribution in [0.4, 0.5) is 9.59 Å². The van der Waals surface area contributed by atoms with Crippen molar-refractivity contribution >= 4 is 29.8 Å². The van der Waals surface area contributed by atoms with Crippen LogP contribution < -0.4 is 5.56 Å². The SMILES string of the molecule is CC(C)(C)OC(=O)N(Cc1c(Cl)cnn(CC(=O)O)c1=O)C(=O)OC(C)(C)C. The van der Waals surface area contributed by atoms with Crippen molar-refractivity contribution in [3.8, 4) is 0 Å². The maximum Gasteiger partial charge on any atom is 0.420 e. The Balaban J connectivity index is 3.33. The summed E-state index contributed by atoms with van der Waals surface area (Å²) in [6.07, 6.45) is -1.03. The minimum atomic E-state index is -1.29. The van der Waals surface area contributed by atoms with Gasteiger partial charge in [0.1, 0.15) is 17.7 Å². The Bertz CT molecular complexity index is 794. The highest BCUT2D eigenvalue weighted by atomic mass is 35.5. The number of aliphatic carboxylic acids is 1. The zero-order valence-electron chi connectivity index (χ0n) is 16.6. The fraction of sp³-hybridized carbons (Fsp3) is 0.588. The van der Waals surface area contributed by atoms with E-state index in [0.29, 0.717) is 9.58 Å². The maximum absolute atomic E-state index is 12.5. The van der Waals surface area contributed by atoms with Crippen molar-refractivity contribution < 1.29 is 29.0 Å². The lowest BCUT2D eigenvalue weighted by Gasteiger charge is -2.28. The van der Waals surface area contributed by atoms with Gasteiger partial charge in [-0.05, 0) is 41.5 Å². The minimum Gasteiger partial charge on any atom is -0.480 e. The fourth-order valence-electron chi connectivity index (χ4n) is 1.89. The molecule has 1 aromatic rings. The molecule has 0 aliphatic carbocycles. The highest BCUT2D eigenvalue weighted by Gasteiger charge is 2.32. The molecule has 0 aliphatic rings. The topological polar surface area (TPSA) is 128 Å². The van der Waals surface area contributed by atoms with Gasteiger partial charge in [0.25, 0.3) is 5.56 Å². The molecule has 0 spiro atoms. The summed E-state index contributed by atoms with van der Waals surface area (Å²) >= 11 is 6.00. The molecule has 156 valence electrons. The van der Waals surface area contributed by atoms with E-state index in [-0.39, 0.29) is 10.6 Å². The second-order valence-electron chi connectivity index (χ2n) is 7.87. The van der Waals surface area contributed by atoms with E-state index in [1.54, 1.807) is 41.5 Å². The number of hydrogen-bond acceptors (Lipinski definition) is 7. The van der Waals surface area contributed by atoms with Crippen LogP contribution in [0.5, 0.6) is 0 Å². The lowest BCUT2D eigenvalue weighted by atomic mass is 10.2. The Hall–Kier alpha value is -2.62. The molecule has 0 aliphatic heterocycles. The smallest absolute Gasteiger partial charge is 0.420 e. The van der Waals surface area contributed by atoms with Gasteiger partial charge in [0.2, 0.25) is 0 Å². The molecule has 28 heavy (non-hydrogen) atoms. The zero-order chi connectivity index (χ0) is 21.9. The Morgan fingerprint density at radius 2 is 1.57 bits per heavy atom. The van der Waals surface area contributed by atoms with Crippen molar-refractivity contribution in [2.75, 3.05) is 0 Å². The van der Waals surface area contributed by atoms with Gasteiger partial charge < -0.3 is 14.6 Å². The predicted octanol–water partition coefficient (Wildman–Crippen LogP) is 2.65. The summed E-state index contributed by atoms with van der Waals surface area (Å²) < 4.78 is 11.1. The van der Waals surface area contributed by atoms with E-state index in [2.05, 4.69) is 5.10 Å². The molecule has 0 aromatic carbocycles. The molecule has 0 fully saturated rings. The first-order valence-corrected chi connectivity index (χ1v) is 8.68. The van der Waals surface area contributed by atoms with Gasteiger partial charge >= 0.3 is 18.2 Å². The molecular weight excluding hydrogens is 394 g/mol. The first-order valence-electron chi connectivity index (χ1n) is 8.30. The Labute approximate surface area is 167 Å². The number of ether oxygens (including phenoxy) is 2. The van der Waals surface area contributed by atoms with Crippen LogP contribution in [0.2, 0.25) is 5.02 Å². The van der Waals surface area contributed by atoms with Gasteiger partial charge in [-0.15, -0.1) is 0 Å². The maximum atomic E-state index is 12.5. The highest BCUT2D eigenvalue weighted by Crippen LogP contribution is 2.19. The summed E-state index contributed by atoms with van der Waals surface area (Å²) in [6, 6.07) is 0. The third-order valence-corrected chi connectivity index (χ3v) is 3.25. The lowest BCUT2D eigenvalue weighted by molar-refractivity contribution is -0.138. The van der Waals surface area contributed by atoms with Crippen LogP contribution in [0.1, 0.15) is 47.1 Å². The third-order valence-electron chi connectivity index (χ3n) is 2.92. The van der Waals surface area contributed by atoms with Gasteiger partial charge in [-0.1, -0.05) is 11.6 Å². The quantitative estimate of drug-likeness (QED) is 0.791. The molecular formula is C17H24ClN3O7. The largest absolute Gasteiger partial charge is 0.480 e. The molecule has 1 N–H and O–H groups in total. The number of carbonyl (C=O) groups is 3. The molecule has 0 radical (unpaired) electrons. The molecule has 1 heterocycles. The molecule has 1 aromatic heterocycles. The van der Waals surface area contributed by atoms with Gasteiger partial charge in [0, 0.05) is 0 Å². The fourth-order valence-corrected chi connectivity index (χ4v) is 2.07. The van der Waals surface area contributed by atoms with Crippen LogP contribution in [-0.4, -0.2) is 49.1 Å². The average Bonchev–Trinajstić information content (AvgIpc) is 2.46. The van der Waals surface area contributed by atoms with E-state index in [9.17, 15) is 19.2 Å². The van der Waals surface area contributed by atoms with Crippen LogP contribution in [0.25, 0.3) is 0 Å². The first kappa shape index (κ1) is 23.4. The lowest BCUT2D eigenvalue weighted by Crippen LogP contribution is -2.44. The second kappa shape index (κ2) is 8.59. The predicted molar refractivity (Wildman–Crippen MR) is 99.2 cm³/mol. The van der Waals surface area contributed by atoms with Gasteiger partial charge in [0.05, 0.1) is 23.3 Å². The van der Waals surface area contributed by atoms with Crippen LogP contribution in [0.15, 0.2) is 11.0 Å². The Morgan fingerprint density at radius 1 is 1.11 bits per heavy atom. The Kier molecular flexibility index (Phi) is 7.19. The van der Waals surface area contributed by atoms with Crippen LogP contribution >= 0.6 is 11.6 Å². The Morgan fingerprint density at radius 3 is 1.96 bits per heavy atom. The molecule has 0 unspecified atom stereocenters. The number of nitrogens with zero attached hydrogens (tertiary/aromatic N) is 3. The minimum absolute atomic E-state index is 0.135. The molecule has 0 bridgehead atoms. The molecule has 10 nitrogen and oxygen atoms in total. The molecule has 0 atom stereocenters. The second-order valence-corrected chi connectivity index (χ2v) is 8.28. The van der Waals surface area contributed by atoms with E-state index in [0.717, 1.165) is 6.20 Å². The summed E-state index contributed by atoms with van der Waals surface area (Å²) in [5.41, 5.74) is -2.88. The van der Waals surface area contributed by atoms with Gasteiger partial charge in [-0.2, -0.15) is 5.10 Å². The van der Waals surface area contributed by atoms with Crippen molar-refractivity contribution in [1.82, 2.24) is 14.7 Å². The number of amides is 2. The number of aromatic nitrogens is 2. The van der Waals surface area contributed by atoms with Crippen LogP contribution in [0, 0.1) is 0 Å². The normalized spacial score (nSPS) is 11.7. The number of carboxylic acids is 1. The average molecular weight is 418 g/mol. The first-order chi connectivity index (χ1) is 12.6. The van der Waals surface area contributed by atoms with Crippen molar-refractivity contribution in [3.05, 3.63) is 27.1 Å². The summed E-state index contributed by atoms with van der Waals surface area (Å²) in [5.74, 6) is -1.29. The number of carbonyl (C=O) groups excluding carboxylic acids is 2. The zero-order valence-corrected chi connectivity index (χ0v) is 17.4. The summed E-state index contributed by atoms with van der Waals surface area (Å²) in [4.78, 5) is 49.0. The van der Waals surface area contributed by atoms with Crippen molar-refractivity contribution in [2.24, 2.45) is 0 Å². The van der Waals surface area contributed by atoms with E-state index in [1.165, 1.54) is 0 Å². The third kappa shape index (κ3) is 7.18. The molecule has 0 saturated heterocycles. The number of rotatable bonds is 4. The van der Waals surface area contributed by atoms with E-state index in [4.69, 9.17) is 26.2 Å². The molecule has 2 amide bonds. The monoisotopic (exact) mass is 417 g/mol. The highest BCUT2D eigenvalue weighted by molar-refractivity contribution is 6.31. The summed E-state index contributed by atoms with van der Waals surface area (Å²) in [5, 5.41) is 12.4. The van der Waals surface area contributed by atoms with Gasteiger partial charge in [0.15, 0.2) is 0 Å². The van der Waals surface area contributed by atoms with Crippen molar-refractivity contribution in [1.29, 1.82) is 0 Å². The summed E-state index contributed by atoms with van der Waals surface area (Å²) in [6.45, 7) is 8.37. The number of halogens is 1. The standard InChI is InChI=1S/C17H24ClN3O7/c1-16(2,3)27-14(25)20(15(26)28-17(4,5)6)8-10-11(18)7-19-21(13(10)24)9-12(22)23/h7H,8-9H2,1-6H3,(H,22,23). The van der Waals surface area contributed by atoms with Crippen molar-refractivity contribution in [2.45, 2.75) is 65.8 Å². The number of hydrogen-bond donors (Lipinski definition) is 1. The van der Waals surface area contributed by atoms with Crippen molar-refractivity contribution in [3.63, 3.8) is 0 Å². The van der Waals surface area contributed by atoms with E-state index < -0.39 is 48.0 Å². The molecule has 1 rings (SSSR count). The molecule has 11 heteroatoms. The van der Waals surface area contributed by atoms with Crippen LogP contribution in [-0.2, 0) is 27.4 Å². The van der Waals surface area contributed by atoms with Gasteiger partial charge in [-0.3, -0.25) is 9.59 Å². The summed E-state index contributed by atoms with van der Waals surface area (Å²) in [7, 11) is 0. The van der Waals surface area contributed by atoms with E-state index in [1.807, 2.05) is 0 Å². The van der Waals surface area contributed by atoms with Crippen LogP contribution in [0.3, 0.4) is 0 Å². The van der Waals surface area contributed by atoms with E-state index >= 15 is 0 Å². The molecule has 0 saturated carbocycles. The number of carboxylic acid groups (broad SMARTS) is 1. The van der Waals surface area contributed by atoms with Gasteiger partial charge in [-0.25, -0.2) is 19.2 Å².